The second-order valence-electron chi connectivity index (χ2n) is 6.11. The zero-order valence-electron chi connectivity index (χ0n) is 14.8. The Hall–Kier alpha value is -2.88. The van der Waals surface area contributed by atoms with Gasteiger partial charge in [0, 0.05) is 31.5 Å². The molecular weight excluding hydrogens is 312 g/mol. The summed E-state index contributed by atoms with van der Waals surface area (Å²) in [5, 5.41) is 2.21. The van der Waals surface area contributed by atoms with E-state index in [0.717, 1.165) is 21.9 Å². The molecule has 4 nitrogen and oxygen atoms in total. The molecule has 0 N–H and O–H groups in total. The molecule has 25 heavy (non-hydrogen) atoms. The van der Waals surface area contributed by atoms with E-state index < -0.39 is 0 Å². The average Bonchev–Trinajstić information content (AvgIpc) is 2.65. The molecule has 1 heterocycles. The first-order chi connectivity index (χ1) is 12.1. The third kappa shape index (κ3) is 3.79. The highest BCUT2D eigenvalue weighted by molar-refractivity contribution is 5.88. The highest BCUT2D eigenvalue weighted by atomic mass is 16.5. The van der Waals surface area contributed by atoms with Crippen LogP contribution in [-0.4, -0.2) is 36.0 Å². The number of aryl methyl sites for hydroxylation is 1. The zero-order valence-corrected chi connectivity index (χ0v) is 14.8. The lowest BCUT2D eigenvalue weighted by Crippen LogP contribution is -2.31. The smallest absolute Gasteiger partial charge is 0.260 e. The van der Waals surface area contributed by atoms with E-state index in [9.17, 15) is 4.79 Å². The quantitative estimate of drug-likeness (QED) is 0.706. The number of benzene rings is 2. The summed E-state index contributed by atoms with van der Waals surface area (Å²) in [4.78, 5) is 17.7. The lowest BCUT2D eigenvalue weighted by molar-refractivity contribution is -0.131. The molecule has 3 aromatic rings. The van der Waals surface area contributed by atoms with Crippen LogP contribution >= 0.6 is 0 Å². The third-order valence-corrected chi connectivity index (χ3v) is 4.42. The lowest BCUT2D eigenvalue weighted by Gasteiger charge is -2.15. The van der Waals surface area contributed by atoms with E-state index in [-0.39, 0.29) is 12.5 Å². The Labute approximate surface area is 148 Å². The van der Waals surface area contributed by atoms with Crippen molar-refractivity contribution in [2.75, 3.05) is 20.2 Å². The highest BCUT2D eigenvalue weighted by Gasteiger charge is 2.08. The molecule has 1 amide bonds. The third-order valence-electron chi connectivity index (χ3n) is 4.42. The van der Waals surface area contributed by atoms with Crippen LogP contribution in [0.15, 0.2) is 54.9 Å². The van der Waals surface area contributed by atoms with Crippen molar-refractivity contribution in [3.8, 4) is 16.9 Å². The molecule has 0 unspecified atom stereocenters. The van der Waals surface area contributed by atoms with Crippen molar-refractivity contribution in [3.05, 3.63) is 60.4 Å². The van der Waals surface area contributed by atoms with Crippen LogP contribution in [0.3, 0.4) is 0 Å². The van der Waals surface area contributed by atoms with Crippen molar-refractivity contribution >= 4 is 16.7 Å². The van der Waals surface area contributed by atoms with E-state index in [4.69, 9.17) is 4.74 Å². The van der Waals surface area contributed by atoms with Gasteiger partial charge in [-0.25, -0.2) is 0 Å². The molecule has 0 fully saturated rings. The number of amides is 1. The second kappa shape index (κ2) is 7.34. The molecular formula is C21H22N2O2. The zero-order chi connectivity index (χ0) is 17.8. The molecule has 0 atom stereocenters. The van der Waals surface area contributed by atoms with Crippen molar-refractivity contribution < 1.29 is 9.53 Å². The van der Waals surface area contributed by atoms with Gasteiger partial charge < -0.3 is 9.64 Å². The normalized spacial score (nSPS) is 10.7. The van der Waals surface area contributed by atoms with Gasteiger partial charge in [0.15, 0.2) is 6.61 Å². The summed E-state index contributed by atoms with van der Waals surface area (Å²) >= 11 is 0. The number of nitrogens with zero attached hydrogens (tertiary/aromatic N) is 2. The largest absolute Gasteiger partial charge is 0.484 e. The Kier molecular flexibility index (Phi) is 4.98. The van der Waals surface area contributed by atoms with Gasteiger partial charge in [-0.1, -0.05) is 18.2 Å². The molecule has 1 aromatic heterocycles. The second-order valence-corrected chi connectivity index (χ2v) is 6.11. The van der Waals surface area contributed by atoms with Crippen LogP contribution < -0.4 is 4.74 Å². The number of rotatable bonds is 5. The van der Waals surface area contributed by atoms with Gasteiger partial charge in [-0.05, 0) is 60.0 Å². The van der Waals surface area contributed by atoms with Crippen molar-refractivity contribution in [1.29, 1.82) is 0 Å². The summed E-state index contributed by atoms with van der Waals surface area (Å²) in [6, 6.07) is 14.2. The highest BCUT2D eigenvalue weighted by Crippen LogP contribution is 2.28. The number of carbonyl (C=O) groups excluding carboxylic acids is 1. The number of hydrogen-bond acceptors (Lipinski definition) is 3. The van der Waals surface area contributed by atoms with Crippen LogP contribution in [0, 0.1) is 6.92 Å². The van der Waals surface area contributed by atoms with Gasteiger partial charge >= 0.3 is 0 Å². The fourth-order valence-electron chi connectivity index (χ4n) is 2.68. The molecule has 0 radical (unpaired) electrons. The van der Waals surface area contributed by atoms with Crippen LogP contribution in [0.1, 0.15) is 12.5 Å². The Morgan fingerprint density at radius 1 is 1.12 bits per heavy atom. The number of likely N-dealkylation sites (N-methyl/N-ethyl adjacent to an activating group) is 1. The Morgan fingerprint density at radius 3 is 2.64 bits per heavy atom. The number of aromatic nitrogens is 1. The van der Waals surface area contributed by atoms with Crippen LogP contribution in [0.2, 0.25) is 0 Å². The SMILES string of the molecule is CCN(C)C(=O)COc1ccc2cc(-c3cnccc3C)ccc2c1. The van der Waals surface area contributed by atoms with Gasteiger partial charge in [0.05, 0.1) is 0 Å². The van der Waals surface area contributed by atoms with E-state index >= 15 is 0 Å². The van der Waals surface area contributed by atoms with Crippen molar-refractivity contribution in [1.82, 2.24) is 9.88 Å². The van der Waals surface area contributed by atoms with Gasteiger partial charge in [-0.3, -0.25) is 9.78 Å². The molecule has 0 saturated heterocycles. The maximum absolute atomic E-state index is 11.8. The van der Waals surface area contributed by atoms with Crippen LogP contribution in [0.25, 0.3) is 21.9 Å². The molecule has 2 aromatic carbocycles. The summed E-state index contributed by atoms with van der Waals surface area (Å²) in [5.41, 5.74) is 3.48. The number of fused-ring (bicyclic) bond motifs is 1. The molecule has 128 valence electrons. The van der Waals surface area contributed by atoms with Crippen LogP contribution in [0.4, 0.5) is 0 Å². The molecule has 0 saturated carbocycles. The van der Waals surface area contributed by atoms with Crippen molar-refractivity contribution in [2.24, 2.45) is 0 Å². The predicted octanol–water partition coefficient (Wildman–Crippen LogP) is 4.07. The molecule has 0 aliphatic rings. The van der Waals surface area contributed by atoms with Gasteiger partial charge in [0.1, 0.15) is 5.75 Å². The number of ether oxygens (including phenoxy) is 1. The van der Waals surface area contributed by atoms with E-state index in [1.807, 2.05) is 37.4 Å². The van der Waals surface area contributed by atoms with Crippen LogP contribution in [-0.2, 0) is 4.79 Å². The first-order valence-corrected chi connectivity index (χ1v) is 8.40. The Bertz CT molecular complexity index is 905. The first kappa shape index (κ1) is 17.0. The molecule has 3 rings (SSSR count). The fraction of sp³-hybridized carbons (Fsp3) is 0.238. The maximum atomic E-state index is 11.8. The first-order valence-electron chi connectivity index (χ1n) is 8.40. The van der Waals surface area contributed by atoms with Gasteiger partial charge in [-0.2, -0.15) is 0 Å². The Balaban J connectivity index is 1.82. The summed E-state index contributed by atoms with van der Waals surface area (Å²) in [6.07, 6.45) is 3.70. The number of hydrogen-bond donors (Lipinski definition) is 0. The van der Waals surface area contributed by atoms with Gasteiger partial charge in [0.25, 0.3) is 5.91 Å². The summed E-state index contributed by atoms with van der Waals surface area (Å²) in [5.74, 6) is 0.681. The Morgan fingerprint density at radius 2 is 1.88 bits per heavy atom. The van der Waals surface area contributed by atoms with Gasteiger partial charge in [0.2, 0.25) is 0 Å². The van der Waals surface area contributed by atoms with Crippen molar-refractivity contribution in [2.45, 2.75) is 13.8 Å². The molecule has 0 spiro atoms. The summed E-state index contributed by atoms with van der Waals surface area (Å²) in [7, 11) is 1.77. The standard InChI is InChI=1S/C21H22N2O2/c1-4-23(3)21(24)14-25-19-8-7-16-11-18(6-5-17(16)12-19)20-13-22-10-9-15(20)2/h5-13H,4,14H2,1-3H3. The minimum absolute atomic E-state index is 0.0232. The fourth-order valence-corrected chi connectivity index (χ4v) is 2.68. The topological polar surface area (TPSA) is 42.4 Å². The van der Waals surface area contributed by atoms with Crippen molar-refractivity contribution in [3.63, 3.8) is 0 Å². The average molecular weight is 334 g/mol. The molecule has 0 bridgehead atoms. The van der Waals surface area contributed by atoms with E-state index in [1.165, 1.54) is 5.56 Å². The maximum Gasteiger partial charge on any atom is 0.260 e. The van der Waals surface area contributed by atoms with Gasteiger partial charge in [-0.15, -0.1) is 0 Å². The number of carbonyl (C=O) groups is 1. The van der Waals surface area contributed by atoms with Crippen LogP contribution in [0.5, 0.6) is 5.75 Å². The summed E-state index contributed by atoms with van der Waals surface area (Å²) in [6.45, 7) is 4.76. The molecule has 0 aliphatic carbocycles. The minimum atomic E-state index is -0.0232. The van der Waals surface area contributed by atoms with E-state index in [0.29, 0.717) is 12.3 Å². The molecule has 0 aliphatic heterocycles. The number of pyridine rings is 1. The van der Waals surface area contributed by atoms with E-state index in [1.54, 1.807) is 18.1 Å². The predicted molar refractivity (Wildman–Crippen MR) is 101 cm³/mol. The summed E-state index contributed by atoms with van der Waals surface area (Å²) < 4.78 is 5.63. The molecule has 4 heteroatoms. The minimum Gasteiger partial charge on any atom is -0.484 e. The van der Waals surface area contributed by atoms with E-state index in [2.05, 4.69) is 30.1 Å². The lowest BCUT2D eigenvalue weighted by atomic mass is 9.99. The monoisotopic (exact) mass is 334 g/mol.